The summed E-state index contributed by atoms with van der Waals surface area (Å²) >= 11 is 0. The van der Waals surface area contributed by atoms with E-state index in [1.165, 1.54) is 19.2 Å². The van der Waals surface area contributed by atoms with Gasteiger partial charge in [-0.3, -0.25) is 9.10 Å². The Morgan fingerprint density at radius 1 is 0.968 bits per heavy atom. The van der Waals surface area contributed by atoms with Crippen LogP contribution in [0.2, 0.25) is 0 Å². The first-order valence-corrected chi connectivity index (χ1v) is 11.4. The molecule has 0 heterocycles. The van der Waals surface area contributed by atoms with E-state index in [9.17, 15) is 13.2 Å². The molecule has 0 aliphatic heterocycles. The third-order valence-electron chi connectivity index (χ3n) is 4.93. The fraction of sp³-hybridized carbons (Fsp3) is 0.208. The smallest absolute Gasteiger partial charge is 0.264 e. The van der Waals surface area contributed by atoms with E-state index in [0.717, 1.165) is 15.6 Å². The molecule has 1 N–H and O–H groups in total. The molecule has 0 aliphatic carbocycles. The second-order valence-electron chi connectivity index (χ2n) is 7.00. The second kappa shape index (κ2) is 9.66. The van der Waals surface area contributed by atoms with Crippen LogP contribution in [-0.4, -0.2) is 28.0 Å². The Balaban J connectivity index is 1.83. The Hall–Kier alpha value is -3.32. The number of hydrogen-bond acceptors (Lipinski definition) is 4. The molecule has 0 aliphatic rings. The van der Waals surface area contributed by atoms with Crippen molar-refractivity contribution in [1.29, 1.82) is 0 Å². The van der Waals surface area contributed by atoms with Crippen LogP contribution in [0.4, 0.5) is 5.69 Å². The number of nitrogens with one attached hydrogen (secondary N) is 1. The summed E-state index contributed by atoms with van der Waals surface area (Å²) in [6.45, 7) is 4.38. The van der Waals surface area contributed by atoms with Crippen molar-refractivity contribution in [1.82, 2.24) is 5.32 Å². The van der Waals surface area contributed by atoms with Crippen LogP contribution >= 0.6 is 0 Å². The minimum Gasteiger partial charge on any atom is -0.494 e. The van der Waals surface area contributed by atoms with E-state index in [1.807, 2.05) is 38.1 Å². The molecule has 0 saturated heterocycles. The first-order valence-electron chi connectivity index (χ1n) is 10.0. The van der Waals surface area contributed by atoms with Gasteiger partial charge in [0, 0.05) is 7.05 Å². The van der Waals surface area contributed by atoms with Crippen molar-refractivity contribution in [3.63, 3.8) is 0 Å². The van der Waals surface area contributed by atoms with E-state index in [-0.39, 0.29) is 22.4 Å². The number of carbonyl (C=O) groups is 1. The van der Waals surface area contributed by atoms with Crippen molar-refractivity contribution < 1.29 is 17.9 Å². The lowest BCUT2D eigenvalue weighted by atomic mass is 10.1. The molecule has 0 bridgehead atoms. The average Bonchev–Trinajstić information content (AvgIpc) is 2.79. The molecule has 0 aromatic heterocycles. The van der Waals surface area contributed by atoms with Crippen LogP contribution in [0.15, 0.2) is 83.8 Å². The Kier molecular flexibility index (Phi) is 6.97. The van der Waals surface area contributed by atoms with Gasteiger partial charge in [-0.05, 0) is 55.8 Å². The van der Waals surface area contributed by atoms with Gasteiger partial charge in [0.2, 0.25) is 0 Å². The van der Waals surface area contributed by atoms with Crippen LogP contribution in [-0.2, 0) is 10.0 Å². The molecule has 7 heteroatoms. The summed E-state index contributed by atoms with van der Waals surface area (Å²) in [4.78, 5) is 13.2. The highest BCUT2D eigenvalue weighted by molar-refractivity contribution is 7.92. The molecule has 3 rings (SSSR count). The summed E-state index contributed by atoms with van der Waals surface area (Å²) in [5, 5.41) is 2.95. The molecular weight excluding hydrogens is 412 g/mol. The van der Waals surface area contributed by atoms with Gasteiger partial charge in [-0.25, -0.2) is 8.42 Å². The van der Waals surface area contributed by atoms with Gasteiger partial charge in [-0.1, -0.05) is 42.5 Å². The maximum atomic E-state index is 13.0. The third kappa shape index (κ3) is 5.06. The molecule has 3 aromatic rings. The van der Waals surface area contributed by atoms with E-state index in [0.29, 0.717) is 12.3 Å². The normalized spacial score (nSPS) is 12.1. The van der Waals surface area contributed by atoms with Crippen molar-refractivity contribution in [2.24, 2.45) is 0 Å². The number of ether oxygens (including phenoxy) is 1. The molecule has 0 unspecified atom stereocenters. The molecule has 0 radical (unpaired) electrons. The van der Waals surface area contributed by atoms with Crippen LogP contribution in [0.3, 0.4) is 0 Å². The molecule has 1 amide bonds. The van der Waals surface area contributed by atoms with Crippen LogP contribution in [0.5, 0.6) is 5.75 Å². The van der Waals surface area contributed by atoms with Crippen molar-refractivity contribution in [3.8, 4) is 5.75 Å². The number of rotatable bonds is 8. The molecule has 0 fully saturated rings. The summed E-state index contributed by atoms with van der Waals surface area (Å²) in [5.74, 6) is 0.412. The highest BCUT2D eigenvalue weighted by atomic mass is 32.2. The Morgan fingerprint density at radius 2 is 1.58 bits per heavy atom. The minimum atomic E-state index is -3.80. The zero-order valence-corrected chi connectivity index (χ0v) is 18.6. The highest BCUT2D eigenvalue weighted by Crippen LogP contribution is 2.26. The number of sulfonamides is 1. The molecule has 1 atom stereocenters. The summed E-state index contributed by atoms with van der Waals surface area (Å²) in [6.07, 6.45) is 0. The Morgan fingerprint density at radius 3 is 2.23 bits per heavy atom. The van der Waals surface area contributed by atoms with Gasteiger partial charge in [0.25, 0.3) is 15.9 Å². The van der Waals surface area contributed by atoms with Gasteiger partial charge in [0.15, 0.2) is 0 Å². The average molecular weight is 439 g/mol. The molecular formula is C24H26N2O4S. The first kappa shape index (κ1) is 22.4. The summed E-state index contributed by atoms with van der Waals surface area (Å²) in [6, 6.07) is 22.0. The zero-order valence-electron chi connectivity index (χ0n) is 17.8. The van der Waals surface area contributed by atoms with Crippen molar-refractivity contribution in [2.75, 3.05) is 18.0 Å². The van der Waals surface area contributed by atoms with Gasteiger partial charge in [-0.15, -0.1) is 0 Å². The van der Waals surface area contributed by atoms with Gasteiger partial charge >= 0.3 is 0 Å². The van der Waals surface area contributed by atoms with Crippen LogP contribution in [0.1, 0.15) is 35.8 Å². The SMILES string of the molecule is CCOc1ccc([C@H](C)NC(=O)c2ccccc2N(C)S(=O)(=O)c2ccccc2)cc1. The lowest BCUT2D eigenvalue weighted by molar-refractivity contribution is 0.0940. The fourth-order valence-corrected chi connectivity index (χ4v) is 4.43. The summed E-state index contributed by atoms with van der Waals surface area (Å²) in [7, 11) is -2.35. The summed E-state index contributed by atoms with van der Waals surface area (Å²) < 4.78 is 32.6. The number of para-hydroxylation sites is 1. The van der Waals surface area contributed by atoms with Crippen LogP contribution < -0.4 is 14.4 Å². The quantitative estimate of drug-likeness (QED) is 0.566. The maximum Gasteiger partial charge on any atom is 0.264 e. The number of hydrogen-bond donors (Lipinski definition) is 1. The standard InChI is InChI=1S/C24H26N2O4S/c1-4-30-20-16-14-19(15-17-20)18(2)25-24(27)22-12-8-9-13-23(22)26(3)31(28,29)21-10-6-5-7-11-21/h5-18H,4H2,1-3H3,(H,25,27)/t18-/m0/s1. The van der Waals surface area contributed by atoms with Crippen molar-refractivity contribution in [3.05, 3.63) is 90.0 Å². The molecule has 0 spiro atoms. The topological polar surface area (TPSA) is 75.7 Å². The lowest BCUT2D eigenvalue weighted by Gasteiger charge is -2.23. The number of anilines is 1. The van der Waals surface area contributed by atoms with Crippen molar-refractivity contribution >= 4 is 21.6 Å². The molecule has 162 valence electrons. The maximum absolute atomic E-state index is 13.0. The summed E-state index contributed by atoms with van der Waals surface area (Å²) in [5.41, 5.74) is 1.50. The van der Waals surface area contributed by atoms with E-state index >= 15 is 0 Å². The van der Waals surface area contributed by atoms with Crippen LogP contribution in [0.25, 0.3) is 0 Å². The molecule has 0 saturated carbocycles. The lowest BCUT2D eigenvalue weighted by Crippen LogP contribution is -2.31. The molecule has 31 heavy (non-hydrogen) atoms. The van der Waals surface area contributed by atoms with Gasteiger partial charge in [-0.2, -0.15) is 0 Å². The minimum absolute atomic E-state index is 0.162. The zero-order chi connectivity index (χ0) is 22.4. The van der Waals surface area contributed by atoms with Crippen molar-refractivity contribution in [2.45, 2.75) is 24.8 Å². The number of carbonyl (C=O) groups excluding carboxylic acids is 1. The van der Waals surface area contributed by atoms with E-state index < -0.39 is 10.0 Å². The van der Waals surface area contributed by atoms with Gasteiger partial charge < -0.3 is 10.1 Å². The number of nitrogens with zero attached hydrogens (tertiary/aromatic N) is 1. The predicted molar refractivity (Wildman–Crippen MR) is 122 cm³/mol. The van der Waals surface area contributed by atoms with E-state index in [1.54, 1.807) is 42.5 Å². The molecule has 3 aromatic carbocycles. The van der Waals surface area contributed by atoms with Gasteiger partial charge in [0.05, 0.1) is 28.8 Å². The predicted octanol–water partition coefficient (Wildman–Crippen LogP) is 4.40. The fourth-order valence-electron chi connectivity index (χ4n) is 3.20. The molecule has 6 nitrogen and oxygen atoms in total. The van der Waals surface area contributed by atoms with E-state index in [2.05, 4.69) is 5.32 Å². The number of amides is 1. The third-order valence-corrected chi connectivity index (χ3v) is 6.71. The first-order chi connectivity index (χ1) is 14.8. The largest absolute Gasteiger partial charge is 0.494 e. The van der Waals surface area contributed by atoms with E-state index in [4.69, 9.17) is 4.74 Å². The Labute approximate surface area is 183 Å². The van der Waals surface area contributed by atoms with Crippen LogP contribution in [0, 0.1) is 0 Å². The monoisotopic (exact) mass is 438 g/mol. The second-order valence-corrected chi connectivity index (χ2v) is 8.97. The highest BCUT2D eigenvalue weighted by Gasteiger charge is 2.25. The van der Waals surface area contributed by atoms with Gasteiger partial charge in [0.1, 0.15) is 5.75 Å². The number of benzene rings is 3. The Bertz CT molecular complexity index is 1130.